The summed E-state index contributed by atoms with van der Waals surface area (Å²) in [5.41, 5.74) is 3.41. The summed E-state index contributed by atoms with van der Waals surface area (Å²) in [5.74, 6) is -0.202. The van der Waals surface area contributed by atoms with E-state index in [1.165, 1.54) is 5.69 Å². The van der Waals surface area contributed by atoms with Gasteiger partial charge >= 0.3 is 0 Å². The number of hydrogen-bond acceptors (Lipinski definition) is 5. The van der Waals surface area contributed by atoms with Crippen LogP contribution in [0.25, 0.3) is 0 Å². The Kier molecular flexibility index (Phi) is 7.22. The molecule has 1 amide bonds. The number of aromatic nitrogens is 1. The molecule has 0 spiro atoms. The van der Waals surface area contributed by atoms with Crippen LogP contribution >= 0.6 is 0 Å². The number of ether oxygens (including phenoxy) is 1. The van der Waals surface area contributed by atoms with Crippen LogP contribution in [-0.2, 0) is 4.74 Å². The highest BCUT2D eigenvalue weighted by Crippen LogP contribution is 2.20. The predicted molar refractivity (Wildman–Crippen MR) is 102 cm³/mol. The molecule has 1 aromatic heterocycles. The molecule has 25 heavy (non-hydrogen) atoms. The largest absolute Gasteiger partial charge is 0.383 e. The molecule has 0 bridgehead atoms. The average molecular weight is 342 g/mol. The van der Waals surface area contributed by atoms with Crippen LogP contribution in [0, 0.1) is 0 Å². The second-order valence-electron chi connectivity index (χ2n) is 5.52. The van der Waals surface area contributed by atoms with Crippen LogP contribution < -0.4 is 15.5 Å². The van der Waals surface area contributed by atoms with E-state index in [2.05, 4.69) is 46.5 Å². The summed E-state index contributed by atoms with van der Waals surface area (Å²) in [7, 11) is 1.60. The van der Waals surface area contributed by atoms with Crippen molar-refractivity contribution in [3.63, 3.8) is 0 Å². The van der Waals surface area contributed by atoms with Crippen LogP contribution in [0.15, 0.2) is 42.6 Å². The normalized spacial score (nSPS) is 10.4. The third-order valence-electron chi connectivity index (χ3n) is 3.87. The molecule has 0 unspecified atom stereocenters. The van der Waals surface area contributed by atoms with Crippen molar-refractivity contribution in [3.8, 4) is 0 Å². The summed E-state index contributed by atoms with van der Waals surface area (Å²) in [6, 6.07) is 11.8. The minimum absolute atomic E-state index is 0.202. The highest BCUT2D eigenvalue weighted by molar-refractivity contribution is 5.92. The Morgan fingerprint density at radius 2 is 1.76 bits per heavy atom. The number of carbonyl (C=O) groups is 1. The topological polar surface area (TPSA) is 66.5 Å². The van der Waals surface area contributed by atoms with E-state index in [1.807, 2.05) is 18.2 Å². The van der Waals surface area contributed by atoms with Crippen LogP contribution in [0.4, 0.5) is 17.1 Å². The zero-order chi connectivity index (χ0) is 18.1. The lowest BCUT2D eigenvalue weighted by Crippen LogP contribution is -2.27. The van der Waals surface area contributed by atoms with Crippen LogP contribution in [0.3, 0.4) is 0 Å². The fourth-order valence-corrected chi connectivity index (χ4v) is 2.47. The van der Waals surface area contributed by atoms with Crippen molar-refractivity contribution in [2.45, 2.75) is 13.8 Å². The summed E-state index contributed by atoms with van der Waals surface area (Å²) in [5, 5.41) is 6.04. The van der Waals surface area contributed by atoms with E-state index in [9.17, 15) is 4.79 Å². The maximum absolute atomic E-state index is 11.9. The third-order valence-corrected chi connectivity index (χ3v) is 3.87. The Morgan fingerprint density at radius 3 is 2.32 bits per heavy atom. The van der Waals surface area contributed by atoms with E-state index < -0.39 is 0 Å². The van der Waals surface area contributed by atoms with Gasteiger partial charge in [0.05, 0.1) is 18.5 Å². The molecule has 0 aliphatic heterocycles. The summed E-state index contributed by atoms with van der Waals surface area (Å²) in [6.07, 6.45) is 1.66. The molecule has 6 heteroatoms. The summed E-state index contributed by atoms with van der Waals surface area (Å²) in [4.78, 5) is 18.4. The monoisotopic (exact) mass is 342 g/mol. The number of nitrogens with one attached hydrogen (secondary N) is 2. The summed E-state index contributed by atoms with van der Waals surface area (Å²) in [6.45, 7) is 7.22. The number of amides is 1. The van der Waals surface area contributed by atoms with Gasteiger partial charge in [-0.3, -0.25) is 4.79 Å². The van der Waals surface area contributed by atoms with Crippen LogP contribution in [0.5, 0.6) is 0 Å². The van der Waals surface area contributed by atoms with Crippen molar-refractivity contribution in [2.24, 2.45) is 0 Å². The zero-order valence-corrected chi connectivity index (χ0v) is 15.1. The fourth-order valence-electron chi connectivity index (χ4n) is 2.47. The Bertz CT molecular complexity index is 652. The zero-order valence-electron chi connectivity index (χ0n) is 15.1. The van der Waals surface area contributed by atoms with Gasteiger partial charge in [-0.2, -0.15) is 0 Å². The molecule has 2 rings (SSSR count). The number of hydrogen-bond donors (Lipinski definition) is 2. The van der Waals surface area contributed by atoms with Gasteiger partial charge in [-0.25, -0.2) is 4.98 Å². The lowest BCUT2D eigenvalue weighted by molar-refractivity contribution is 0.0932. The van der Waals surface area contributed by atoms with Crippen molar-refractivity contribution < 1.29 is 9.53 Å². The Labute approximate surface area is 149 Å². The van der Waals surface area contributed by atoms with Crippen LogP contribution in [0.2, 0.25) is 0 Å². The molecule has 0 aliphatic carbocycles. The van der Waals surface area contributed by atoms with Gasteiger partial charge in [-0.1, -0.05) is 0 Å². The summed E-state index contributed by atoms with van der Waals surface area (Å²) >= 11 is 0. The number of rotatable bonds is 9. The van der Waals surface area contributed by atoms with Crippen LogP contribution in [-0.4, -0.2) is 44.2 Å². The second-order valence-corrected chi connectivity index (χ2v) is 5.52. The molecular weight excluding hydrogens is 316 g/mol. The van der Waals surface area contributed by atoms with Crippen LogP contribution in [0.1, 0.15) is 24.3 Å². The first kappa shape index (κ1) is 18.7. The van der Waals surface area contributed by atoms with Gasteiger partial charge in [-0.05, 0) is 50.2 Å². The molecule has 6 nitrogen and oxygen atoms in total. The van der Waals surface area contributed by atoms with E-state index in [-0.39, 0.29) is 5.91 Å². The first-order valence-electron chi connectivity index (χ1n) is 8.53. The van der Waals surface area contributed by atoms with E-state index in [0.29, 0.717) is 18.8 Å². The van der Waals surface area contributed by atoms with E-state index in [1.54, 1.807) is 19.4 Å². The number of nitrogens with zero attached hydrogens (tertiary/aromatic N) is 2. The van der Waals surface area contributed by atoms with E-state index >= 15 is 0 Å². The van der Waals surface area contributed by atoms with Gasteiger partial charge < -0.3 is 20.3 Å². The molecule has 0 atom stereocenters. The number of anilines is 3. The molecule has 0 aliphatic rings. The number of pyridine rings is 1. The minimum atomic E-state index is -0.202. The molecule has 2 aromatic rings. The smallest absolute Gasteiger partial charge is 0.269 e. The van der Waals surface area contributed by atoms with E-state index in [4.69, 9.17) is 4.74 Å². The summed E-state index contributed by atoms with van der Waals surface area (Å²) < 4.78 is 4.90. The molecule has 0 radical (unpaired) electrons. The molecule has 134 valence electrons. The fraction of sp³-hybridized carbons (Fsp3) is 0.368. The van der Waals surface area contributed by atoms with E-state index in [0.717, 1.165) is 24.5 Å². The highest BCUT2D eigenvalue weighted by Gasteiger charge is 2.06. The maximum Gasteiger partial charge on any atom is 0.269 e. The molecule has 1 aromatic carbocycles. The molecule has 1 heterocycles. The molecule has 0 saturated heterocycles. The standard InChI is InChI=1S/C19H26N4O2/c1-4-23(5-2)17-9-6-15(7-10-17)22-16-8-11-18(21-14-16)19(24)20-12-13-25-3/h6-11,14,22H,4-5,12-13H2,1-3H3,(H,20,24). The van der Waals surface area contributed by atoms with Crippen molar-refractivity contribution in [2.75, 3.05) is 43.6 Å². The van der Waals surface area contributed by atoms with Gasteiger partial charge in [0.25, 0.3) is 5.91 Å². The van der Waals surface area contributed by atoms with Gasteiger partial charge in [0, 0.05) is 38.1 Å². The van der Waals surface area contributed by atoms with Crippen molar-refractivity contribution in [1.82, 2.24) is 10.3 Å². The first-order chi connectivity index (χ1) is 12.2. The lowest BCUT2D eigenvalue weighted by Gasteiger charge is -2.21. The van der Waals surface area contributed by atoms with Gasteiger partial charge in [0.15, 0.2) is 0 Å². The third kappa shape index (κ3) is 5.46. The number of methoxy groups -OCH3 is 1. The average Bonchev–Trinajstić information content (AvgIpc) is 2.65. The van der Waals surface area contributed by atoms with Crippen molar-refractivity contribution in [1.29, 1.82) is 0 Å². The Morgan fingerprint density at radius 1 is 1.08 bits per heavy atom. The highest BCUT2D eigenvalue weighted by atomic mass is 16.5. The predicted octanol–water partition coefficient (Wildman–Crippen LogP) is 3.05. The Balaban J connectivity index is 1.95. The van der Waals surface area contributed by atoms with Crippen molar-refractivity contribution in [3.05, 3.63) is 48.3 Å². The minimum Gasteiger partial charge on any atom is -0.383 e. The van der Waals surface area contributed by atoms with Gasteiger partial charge in [0.2, 0.25) is 0 Å². The van der Waals surface area contributed by atoms with Crippen molar-refractivity contribution >= 4 is 23.0 Å². The Hall–Kier alpha value is -2.60. The van der Waals surface area contributed by atoms with Gasteiger partial charge in [0.1, 0.15) is 5.69 Å². The maximum atomic E-state index is 11.9. The molecule has 2 N–H and O–H groups in total. The molecular formula is C19H26N4O2. The quantitative estimate of drug-likeness (QED) is 0.686. The number of carbonyl (C=O) groups excluding carboxylic acids is 1. The number of benzene rings is 1. The first-order valence-corrected chi connectivity index (χ1v) is 8.53. The SMILES string of the molecule is CCN(CC)c1ccc(Nc2ccc(C(=O)NCCOC)nc2)cc1. The lowest BCUT2D eigenvalue weighted by atomic mass is 10.2. The second kappa shape index (κ2) is 9.64. The van der Waals surface area contributed by atoms with Gasteiger partial charge in [-0.15, -0.1) is 0 Å². The molecule has 0 saturated carbocycles. The molecule has 0 fully saturated rings.